The van der Waals surface area contributed by atoms with Crippen molar-refractivity contribution in [1.82, 2.24) is 0 Å². The molecule has 0 spiro atoms. The summed E-state index contributed by atoms with van der Waals surface area (Å²) >= 11 is 0. The topological polar surface area (TPSA) is 151 Å². The first-order valence-corrected chi connectivity index (χ1v) is 5.48. The lowest BCUT2D eigenvalue weighted by atomic mass is 10.2. The minimum absolute atomic E-state index is 0.120. The number of quaternary nitrogens is 1. The van der Waals surface area contributed by atoms with Crippen LogP contribution in [0.15, 0.2) is 18.2 Å². The summed E-state index contributed by atoms with van der Waals surface area (Å²) in [6, 6.07) is 4.62. The summed E-state index contributed by atoms with van der Waals surface area (Å²) in [4.78, 5) is 32.8. The molecule has 5 N–H and O–H groups in total. The monoisotopic (exact) mass is 250 g/mol. The lowest BCUT2D eigenvalue weighted by Crippen LogP contribution is -2.40. The van der Waals surface area contributed by atoms with Gasteiger partial charge in [0, 0.05) is 23.8 Å². The van der Waals surface area contributed by atoms with Crippen molar-refractivity contribution in [2.75, 3.05) is 0 Å². The van der Waals surface area contributed by atoms with Crippen molar-refractivity contribution in [2.45, 2.75) is 6.92 Å². The van der Waals surface area contributed by atoms with E-state index >= 15 is 0 Å². The molecule has 1 rings (SSSR count). The summed E-state index contributed by atoms with van der Waals surface area (Å²) in [5.41, 5.74) is 5.49. The first-order valence-electron chi connectivity index (χ1n) is 3.95. The molecule has 0 atom stereocenters. The Labute approximate surface area is 90.7 Å². The van der Waals surface area contributed by atoms with E-state index in [0.717, 1.165) is 11.3 Å². The van der Waals surface area contributed by atoms with Crippen LogP contribution in [-0.4, -0.2) is 14.7 Å². The fraction of sp³-hybridized carbons (Fsp3) is 0.143. The Kier molecular flexibility index (Phi) is 5.22. The average Bonchev–Trinajstić information content (AvgIpc) is 2.06. The molecule has 0 radical (unpaired) electrons. The molecule has 0 saturated heterocycles. The Hall–Kier alpha value is -1.31. The number of nitro groups is 1. The largest absolute Gasteiger partial charge is 0.756 e. The molecule has 0 aliphatic heterocycles. The highest BCUT2D eigenvalue weighted by molar-refractivity contribution is 7.43. The van der Waals surface area contributed by atoms with Gasteiger partial charge in [0.2, 0.25) is 0 Å². The number of non-ortho nitro benzene ring substituents is 1. The summed E-state index contributed by atoms with van der Waals surface area (Å²) in [6.45, 7) is 1.80. The molecule has 0 fully saturated rings. The van der Waals surface area contributed by atoms with Crippen LogP contribution >= 0.6 is 7.82 Å². The zero-order chi connectivity index (χ0) is 12.9. The van der Waals surface area contributed by atoms with Crippen LogP contribution in [-0.2, 0) is 4.57 Å². The van der Waals surface area contributed by atoms with E-state index in [0.29, 0.717) is 0 Å². The van der Waals surface area contributed by atoms with Gasteiger partial charge in [0.15, 0.2) is 0 Å². The molecule has 0 unspecified atom stereocenters. The normalized spacial score (nSPS) is 10.3. The molecule has 0 saturated carbocycles. The van der Waals surface area contributed by atoms with E-state index in [1.807, 2.05) is 0 Å². The van der Waals surface area contributed by atoms with E-state index in [1.54, 1.807) is 13.0 Å². The molecule has 0 bridgehead atoms. The summed E-state index contributed by atoms with van der Waals surface area (Å²) in [5, 5.41) is 10.2. The van der Waals surface area contributed by atoms with Crippen molar-refractivity contribution in [3.63, 3.8) is 0 Å². The second kappa shape index (κ2) is 5.69. The van der Waals surface area contributed by atoms with Crippen LogP contribution in [0.5, 0.6) is 0 Å². The molecular weight excluding hydrogens is 239 g/mol. The van der Waals surface area contributed by atoms with Gasteiger partial charge in [0.25, 0.3) is 13.5 Å². The number of rotatable bonds is 1. The predicted octanol–water partition coefficient (Wildman–Crippen LogP) is -0.784. The quantitative estimate of drug-likeness (QED) is 0.337. The molecule has 0 heterocycles. The van der Waals surface area contributed by atoms with Gasteiger partial charge in [-0.05, 0) is 6.92 Å². The molecule has 0 aliphatic carbocycles. The standard InChI is InChI=1S/C7H8N2O2.H3O4P/c1-5-4-6(9(10)11)2-3-7(5)8;1-5(2,3)4/h2-4H,8H2,1H3;(H3,1,2,3,4). The van der Waals surface area contributed by atoms with Gasteiger partial charge in [-0.1, -0.05) is 0 Å². The van der Waals surface area contributed by atoms with E-state index in [2.05, 4.69) is 5.73 Å². The highest BCUT2D eigenvalue weighted by Gasteiger charge is 2.06. The lowest BCUT2D eigenvalue weighted by Gasteiger charge is -2.01. The smallest absolute Gasteiger partial charge is 0.270 e. The summed E-state index contributed by atoms with van der Waals surface area (Å²) in [7, 11) is -4.89. The highest BCUT2D eigenvalue weighted by atomic mass is 31.2. The van der Waals surface area contributed by atoms with Gasteiger partial charge in [0.05, 0.1) is 4.92 Å². The molecule has 90 valence electrons. The maximum atomic E-state index is 10.2. The summed E-state index contributed by atoms with van der Waals surface area (Å²) < 4.78 is 8.77. The van der Waals surface area contributed by atoms with Gasteiger partial charge >= 0.3 is 0 Å². The van der Waals surface area contributed by atoms with Crippen LogP contribution in [0.3, 0.4) is 0 Å². The van der Waals surface area contributed by atoms with Crippen molar-refractivity contribution in [3.8, 4) is 0 Å². The van der Waals surface area contributed by atoms with E-state index in [-0.39, 0.29) is 5.69 Å². The molecule has 0 amide bonds. The number of nitro benzene ring substituents is 1. The molecule has 9 heteroatoms. The molecular formula is C7H11N2O6P. The second-order valence-electron chi connectivity index (χ2n) is 2.86. The van der Waals surface area contributed by atoms with Gasteiger partial charge in [-0.15, -0.1) is 0 Å². The van der Waals surface area contributed by atoms with E-state index < -0.39 is 12.7 Å². The van der Waals surface area contributed by atoms with Crippen molar-refractivity contribution >= 4 is 19.2 Å². The highest BCUT2D eigenvalue weighted by Crippen LogP contribution is 2.19. The average molecular weight is 250 g/mol. The number of hydrogen-bond donors (Lipinski definition) is 3. The fourth-order valence-electron chi connectivity index (χ4n) is 0.794. The van der Waals surface area contributed by atoms with E-state index in [9.17, 15) is 10.1 Å². The SMILES string of the molecule is Cc1cc([N+](=O)[O-])ccc1[NH3+].O=P([O-])(O)O. The van der Waals surface area contributed by atoms with Crippen molar-refractivity contribution in [3.05, 3.63) is 33.9 Å². The zero-order valence-electron chi connectivity index (χ0n) is 8.36. The van der Waals surface area contributed by atoms with Gasteiger partial charge in [0.1, 0.15) is 5.69 Å². The number of nitrogens with zero attached hydrogens (tertiary/aromatic N) is 1. The Morgan fingerprint density at radius 1 is 1.44 bits per heavy atom. The predicted molar refractivity (Wildman–Crippen MR) is 52.4 cm³/mol. The number of hydrogen-bond acceptors (Lipinski definition) is 4. The molecule has 0 aliphatic rings. The molecule has 8 nitrogen and oxygen atoms in total. The number of aryl methyl sites for hydroxylation is 1. The molecule has 1 aromatic rings. The van der Waals surface area contributed by atoms with Crippen LogP contribution in [0, 0.1) is 17.0 Å². The fourth-order valence-corrected chi connectivity index (χ4v) is 0.794. The minimum atomic E-state index is -4.89. The maximum absolute atomic E-state index is 10.2. The molecule has 16 heavy (non-hydrogen) atoms. The van der Waals surface area contributed by atoms with Crippen LogP contribution in [0.2, 0.25) is 0 Å². The van der Waals surface area contributed by atoms with Crippen LogP contribution in [0.4, 0.5) is 11.4 Å². The first kappa shape index (κ1) is 14.7. The minimum Gasteiger partial charge on any atom is -0.756 e. The maximum Gasteiger partial charge on any atom is 0.270 e. The third kappa shape index (κ3) is 7.04. The van der Waals surface area contributed by atoms with Crippen LogP contribution < -0.4 is 10.6 Å². The van der Waals surface area contributed by atoms with Gasteiger partial charge in [-0.2, -0.15) is 0 Å². The van der Waals surface area contributed by atoms with Crippen molar-refractivity contribution in [2.24, 2.45) is 0 Å². The van der Waals surface area contributed by atoms with Gasteiger partial charge < -0.3 is 20.4 Å². The van der Waals surface area contributed by atoms with E-state index in [4.69, 9.17) is 19.2 Å². The van der Waals surface area contributed by atoms with Gasteiger partial charge in [-0.3, -0.25) is 14.7 Å². The third-order valence-corrected chi connectivity index (χ3v) is 1.54. The Bertz CT molecular complexity index is 421. The Morgan fingerprint density at radius 2 is 1.88 bits per heavy atom. The van der Waals surface area contributed by atoms with Gasteiger partial charge in [-0.25, -0.2) is 0 Å². The van der Waals surface area contributed by atoms with Crippen LogP contribution in [0.25, 0.3) is 0 Å². The molecule has 0 aromatic heterocycles. The summed E-state index contributed by atoms with van der Waals surface area (Å²) in [5.74, 6) is 0. The van der Waals surface area contributed by atoms with Crippen molar-refractivity contribution < 1.29 is 29.9 Å². The Morgan fingerprint density at radius 3 is 2.19 bits per heavy atom. The lowest BCUT2D eigenvalue weighted by molar-refractivity contribution is -0.385. The summed E-state index contributed by atoms with van der Waals surface area (Å²) in [6.07, 6.45) is 0. The Balaban J connectivity index is 0.000000385. The third-order valence-electron chi connectivity index (χ3n) is 1.54. The van der Waals surface area contributed by atoms with E-state index in [1.165, 1.54) is 12.1 Å². The first-order chi connectivity index (χ1) is 7.11. The zero-order valence-corrected chi connectivity index (χ0v) is 9.26. The molecule has 1 aromatic carbocycles. The second-order valence-corrected chi connectivity index (χ2v) is 3.84. The number of phosphoric acid groups is 1. The number of benzene rings is 1. The van der Waals surface area contributed by atoms with Crippen LogP contribution in [0.1, 0.15) is 5.56 Å². The van der Waals surface area contributed by atoms with Crippen molar-refractivity contribution in [1.29, 1.82) is 0 Å².